The maximum atomic E-state index is 11.7. The Kier molecular flexibility index (Phi) is 15.0. The molecule has 0 heterocycles. The van der Waals surface area contributed by atoms with Gasteiger partial charge in [0.2, 0.25) is 5.91 Å². The van der Waals surface area contributed by atoms with Crippen LogP contribution < -0.4 is 5.32 Å². The molecule has 0 aromatic rings. The Morgan fingerprint density at radius 1 is 0.870 bits per heavy atom. The number of unbranched alkanes of at least 4 members (excludes halogenated alkanes) is 8. The lowest BCUT2D eigenvalue weighted by Crippen LogP contribution is -2.28. The van der Waals surface area contributed by atoms with Crippen molar-refractivity contribution in [2.24, 2.45) is 5.92 Å². The van der Waals surface area contributed by atoms with E-state index >= 15 is 0 Å². The van der Waals surface area contributed by atoms with Crippen LogP contribution >= 0.6 is 0 Å². The molecule has 0 aliphatic heterocycles. The van der Waals surface area contributed by atoms with Gasteiger partial charge in [0.25, 0.3) is 0 Å². The Morgan fingerprint density at radius 2 is 1.39 bits per heavy atom. The molecule has 1 atom stereocenters. The number of nitrogens with one attached hydrogen (secondary N) is 1. The van der Waals surface area contributed by atoms with E-state index in [0.717, 1.165) is 25.7 Å². The third-order valence-electron chi connectivity index (χ3n) is 4.06. The molecule has 1 unspecified atom stereocenters. The van der Waals surface area contributed by atoms with Crippen molar-refractivity contribution in [3.05, 3.63) is 0 Å². The highest BCUT2D eigenvalue weighted by Crippen LogP contribution is 2.10. The van der Waals surface area contributed by atoms with Gasteiger partial charge in [0.05, 0.1) is 0 Å². The molecular weight excluding hydrogens is 294 g/mol. The molecule has 0 aliphatic carbocycles. The second-order valence-corrected chi connectivity index (χ2v) is 6.50. The van der Waals surface area contributed by atoms with Gasteiger partial charge in [-0.1, -0.05) is 51.9 Å². The summed E-state index contributed by atoms with van der Waals surface area (Å²) in [6, 6.07) is 0. The summed E-state index contributed by atoms with van der Waals surface area (Å²) in [5, 5.41) is 20.2. The van der Waals surface area contributed by atoms with Crippen LogP contribution in [0.15, 0.2) is 0 Å². The van der Waals surface area contributed by atoms with Gasteiger partial charge < -0.3 is 15.5 Å². The predicted molar refractivity (Wildman–Crippen MR) is 92.3 cm³/mol. The monoisotopic (exact) mass is 329 g/mol. The fourth-order valence-electron chi connectivity index (χ4n) is 2.48. The quantitative estimate of drug-likeness (QED) is 0.378. The number of aliphatic hydroxyl groups is 1. The summed E-state index contributed by atoms with van der Waals surface area (Å²) in [5.41, 5.74) is 0. The second kappa shape index (κ2) is 15.8. The van der Waals surface area contributed by atoms with E-state index in [2.05, 4.69) is 5.32 Å². The second-order valence-electron chi connectivity index (χ2n) is 6.50. The van der Waals surface area contributed by atoms with Gasteiger partial charge in [0.15, 0.2) is 0 Å². The predicted octanol–water partition coefficient (Wildman–Crippen LogP) is 3.50. The van der Waals surface area contributed by atoms with E-state index in [4.69, 9.17) is 10.2 Å². The molecule has 0 fully saturated rings. The van der Waals surface area contributed by atoms with Crippen LogP contribution in [0.5, 0.6) is 0 Å². The Morgan fingerprint density at radius 3 is 1.91 bits per heavy atom. The SMILES string of the molecule is CC(CCC(=O)O)CNC(=O)CCCCCCCCCCCO. The molecule has 5 nitrogen and oxygen atoms in total. The van der Waals surface area contributed by atoms with Crippen molar-refractivity contribution >= 4 is 11.9 Å². The molecule has 0 spiro atoms. The van der Waals surface area contributed by atoms with Gasteiger partial charge in [-0.3, -0.25) is 9.59 Å². The van der Waals surface area contributed by atoms with Crippen molar-refractivity contribution in [2.45, 2.75) is 84.0 Å². The molecular formula is C18H35NO4. The largest absolute Gasteiger partial charge is 0.481 e. The summed E-state index contributed by atoms with van der Waals surface area (Å²) in [6.07, 6.45) is 11.5. The van der Waals surface area contributed by atoms with E-state index in [1.54, 1.807) is 0 Å². The zero-order valence-corrected chi connectivity index (χ0v) is 14.7. The number of carboxylic acid groups (broad SMARTS) is 1. The molecule has 0 bridgehead atoms. The number of amides is 1. The molecule has 1 amide bonds. The van der Waals surface area contributed by atoms with Gasteiger partial charge >= 0.3 is 5.97 Å². The zero-order chi connectivity index (χ0) is 17.3. The maximum absolute atomic E-state index is 11.7. The third kappa shape index (κ3) is 17.1. The summed E-state index contributed by atoms with van der Waals surface area (Å²) in [7, 11) is 0. The van der Waals surface area contributed by atoms with Gasteiger partial charge in [-0.25, -0.2) is 0 Å². The van der Waals surface area contributed by atoms with E-state index < -0.39 is 5.97 Å². The van der Waals surface area contributed by atoms with E-state index in [1.807, 2.05) is 6.92 Å². The van der Waals surface area contributed by atoms with Crippen LogP contribution in [0.4, 0.5) is 0 Å². The normalized spacial score (nSPS) is 12.1. The number of rotatable bonds is 16. The lowest BCUT2D eigenvalue weighted by Gasteiger charge is -2.11. The van der Waals surface area contributed by atoms with Crippen LogP contribution in [0.25, 0.3) is 0 Å². The fourth-order valence-corrected chi connectivity index (χ4v) is 2.48. The van der Waals surface area contributed by atoms with E-state index in [0.29, 0.717) is 26.0 Å². The first-order valence-corrected chi connectivity index (χ1v) is 9.15. The molecule has 136 valence electrons. The third-order valence-corrected chi connectivity index (χ3v) is 4.06. The summed E-state index contributed by atoms with van der Waals surface area (Å²) in [6.45, 7) is 2.84. The van der Waals surface area contributed by atoms with Crippen molar-refractivity contribution < 1.29 is 19.8 Å². The highest BCUT2D eigenvalue weighted by molar-refractivity contribution is 5.75. The molecule has 0 aliphatic rings. The summed E-state index contributed by atoms with van der Waals surface area (Å²) >= 11 is 0. The molecule has 0 aromatic heterocycles. The first kappa shape index (κ1) is 21.9. The van der Waals surface area contributed by atoms with Crippen LogP contribution in [0.2, 0.25) is 0 Å². The smallest absolute Gasteiger partial charge is 0.303 e. The highest BCUT2D eigenvalue weighted by atomic mass is 16.4. The lowest BCUT2D eigenvalue weighted by molar-refractivity contribution is -0.137. The van der Waals surface area contributed by atoms with Crippen molar-refractivity contribution in [1.29, 1.82) is 0 Å². The molecule has 0 aromatic carbocycles. The van der Waals surface area contributed by atoms with Gasteiger partial charge in [0, 0.05) is 26.0 Å². The summed E-state index contributed by atoms with van der Waals surface area (Å²) in [5.74, 6) is -0.492. The molecule has 0 radical (unpaired) electrons. The van der Waals surface area contributed by atoms with Crippen molar-refractivity contribution in [3.63, 3.8) is 0 Å². The summed E-state index contributed by atoms with van der Waals surface area (Å²) in [4.78, 5) is 22.1. The minimum absolute atomic E-state index is 0.0798. The van der Waals surface area contributed by atoms with Crippen LogP contribution in [0.1, 0.15) is 84.0 Å². The number of hydrogen-bond donors (Lipinski definition) is 3. The maximum Gasteiger partial charge on any atom is 0.303 e. The number of carboxylic acids is 1. The zero-order valence-electron chi connectivity index (χ0n) is 14.7. The van der Waals surface area contributed by atoms with Crippen LogP contribution in [-0.4, -0.2) is 35.2 Å². The van der Waals surface area contributed by atoms with E-state index in [-0.39, 0.29) is 18.2 Å². The molecule has 0 saturated heterocycles. The van der Waals surface area contributed by atoms with Gasteiger partial charge in [-0.15, -0.1) is 0 Å². The molecule has 3 N–H and O–H groups in total. The molecule has 0 saturated carbocycles. The number of carbonyl (C=O) groups is 2. The Hall–Kier alpha value is -1.10. The van der Waals surface area contributed by atoms with Crippen molar-refractivity contribution in [1.82, 2.24) is 5.32 Å². The van der Waals surface area contributed by atoms with Gasteiger partial charge in [0.1, 0.15) is 0 Å². The highest BCUT2D eigenvalue weighted by Gasteiger charge is 2.07. The van der Waals surface area contributed by atoms with Gasteiger partial charge in [-0.05, 0) is 25.2 Å². The number of hydrogen-bond acceptors (Lipinski definition) is 3. The van der Waals surface area contributed by atoms with Crippen molar-refractivity contribution in [2.75, 3.05) is 13.2 Å². The number of aliphatic carboxylic acids is 1. The van der Waals surface area contributed by atoms with E-state index in [1.165, 1.54) is 32.1 Å². The first-order chi connectivity index (χ1) is 11.1. The Balaban J connectivity index is 3.31. The van der Waals surface area contributed by atoms with E-state index in [9.17, 15) is 9.59 Å². The Bertz CT molecular complexity index is 307. The number of aliphatic hydroxyl groups excluding tert-OH is 1. The van der Waals surface area contributed by atoms with Crippen LogP contribution in [0.3, 0.4) is 0 Å². The minimum Gasteiger partial charge on any atom is -0.481 e. The molecule has 23 heavy (non-hydrogen) atoms. The first-order valence-electron chi connectivity index (χ1n) is 9.15. The fraction of sp³-hybridized carbons (Fsp3) is 0.889. The minimum atomic E-state index is -0.781. The summed E-state index contributed by atoms with van der Waals surface area (Å²) < 4.78 is 0. The standard InChI is InChI=1S/C18H35NO4/c1-16(12-13-18(22)23)15-19-17(21)11-9-7-5-3-2-4-6-8-10-14-20/h16,20H,2-15H2,1H3,(H,19,21)(H,22,23). The average Bonchev–Trinajstić information content (AvgIpc) is 2.52. The lowest BCUT2D eigenvalue weighted by atomic mass is 10.1. The van der Waals surface area contributed by atoms with Crippen LogP contribution in [-0.2, 0) is 9.59 Å². The average molecular weight is 329 g/mol. The molecule has 0 rings (SSSR count). The van der Waals surface area contributed by atoms with Crippen LogP contribution in [0, 0.1) is 5.92 Å². The topological polar surface area (TPSA) is 86.6 Å². The van der Waals surface area contributed by atoms with Crippen molar-refractivity contribution in [3.8, 4) is 0 Å². The Labute approximate surface area is 140 Å². The molecule has 5 heteroatoms. The number of carbonyl (C=O) groups excluding carboxylic acids is 1. The van der Waals surface area contributed by atoms with Gasteiger partial charge in [-0.2, -0.15) is 0 Å².